The summed E-state index contributed by atoms with van der Waals surface area (Å²) in [6, 6.07) is 5.70. The fourth-order valence-electron chi connectivity index (χ4n) is 3.89. The summed E-state index contributed by atoms with van der Waals surface area (Å²) in [7, 11) is 5.15. The first-order chi connectivity index (χ1) is 19.1. The van der Waals surface area contributed by atoms with Crippen molar-refractivity contribution in [2.24, 2.45) is 0 Å². The Kier molecular flexibility index (Phi) is 12.5. The maximum absolute atomic E-state index is 13.8. The van der Waals surface area contributed by atoms with Crippen LogP contribution >= 0.6 is 0 Å². The first kappa shape index (κ1) is 33.5. The smallest absolute Gasteiger partial charge is 0.416 e. The van der Waals surface area contributed by atoms with Gasteiger partial charge in [-0.2, -0.15) is 20.2 Å². The number of carbonyl (C=O) groups is 1. The molecule has 0 spiro atoms. The first-order valence-corrected chi connectivity index (χ1v) is 12.2. The number of halogens is 3. The predicted octanol–water partition coefficient (Wildman–Crippen LogP) is 4.55. The van der Waals surface area contributed by atoms with E-state index in [0.29, 0.717) is 36.2 Å². The number of rotatable bonds is 7. The molecular weight excluding hydrogens is 572 g/mol. The number of hydrogen-bond donors (Lipinski definition) is 3. The van der Waals surface area contributed by atoms with E-state index in [1.165, 1.54) is 49.9 Å². The molecule has 215 valence electrons. The normalized spacial score (nSPS) is 13.4. The molecule has 0 unspecified atom stereocenters. The van der Waals surface area contributed by atoms with E-state index in [-0.39, 0.29) is 41.9 Å². The fourth-order valence-corrected chi connectivity index (χ4v) is 3.89. The van der Waals surface area contributed by atoms with Crippen molar-refractivity contribution in [3.8, 4) is 11.8 Å². The minimum Gasteiger partial charge on any atom is -0.680 e. The molecular formula is C28H30F3N8OV-. The molecule has 1 aliphatic rings. The molecule has 4 N–H and O–H groups in total. The first-order valence-electron chi connectivity index (χ1n) is 12.2. The number of aromatic nitrogens is 3. The van der Waals surface area contributed by atoms with Crippen molar-refractivity contribution >= 4 is 23.9 Å². The largest absolute Gasteiger partial charge is 0.680 e. The molecule has 0 aliphatic carbocycles. The third-order valence-corrected chi connectivity index (χ3v) is 6.02. The van der Waals surface area contributed by atoms with Crippen LogP contribution in [0.2, 0.25) is 0 Å². The summed E-state index contributed by atoms with van der Waals surface area (Å²) in [6.45, 7) is 1.60. The van der Waals surface area contributed by atoms with Gasteiger partial charge in [0, 0.05) is 74.1 Å². The van der Waals surface area contributed by atoms with Crippen molar-refractivity contribution < 1.29 is 36.5 Å². The van der Waals surface area contributed by atoms with Crippen LogP contribution in [-0.4, -0.2) is 77.1 Å². The van der Waals surface area contributed by atoms with E-state index < -0.39 is 17.6 Å². The molecule has 1 radical (unpaired) electrons. The van der Waals surface area contributed by atoms with Gasteiger partial charge in [0.25, 0.3) is 5.91 Å². The standard InChI is InChI=1S/C27H26F3N7O.CH4N.V/c1-36(2)23-16-37(17-23)15-19-6-8-21(11-24(19)27(28,29)30)35-26(38)20-10-18(12-32-13-20)5-7-22-14-33-25(34-22)4-3-9-31;1-2;/h3-4,6,8-14,23,31H,15-17H2,1-2H3,(H,33,34)(H,35,38);2H,1H3;/q;-1;/b4-3-,31-9?;;. The van der Waals surface area contributed by atoms with E-state index in [2.05, 4.69) is 37.0 Å². The molecule has 3 aromatic rings. The van der Waals surface area contributed by atoms with Gasteiger partial charge in [0.05, 0.1) is 17.3 Å². The van der Waals surface area contributed by atoms with Crippen LogP contribution in [0.1, 0.15) is 38.6 Å². The number of alkyl halides is 3. The summed E-state index contributed by atoms with van der Waals surface area (Å²) in [5.41, 5.74) is 6.32. The van der Waals surface area contributed by atoms with Gasteiger partial charge in [0.2, 0.25) is 0 Å². The van der Waals surface area contributed by atoms with Crippen LogP contribution in [0.25, 0.3) is 11.8 Å². The van der Waals surface area contributed by atoms with Crippen LogP contribution in [0, 0.1) is 17.3 Å². The summed E-state index contributed by atoms with van der Waals surface area (Å²) in [4.78, 5) is 27.9. The van der Waals surface area contributed by atoms with Crippen LogP contribution < -0.4 is 5.32 Å². The number of likely N-dealkylation sites (tertiary alicyclic amines) is 1. The summed E-state index contributed by atoms with van der Waals surface area (Å²) in [5, 5.41) is 9.54. The van der Waals surface area contributed by atoms with Crippen molar-refractivity contribution in [2.75, 3.05) is 39.5 Å². The number of nitrogens with one attached hydrogen (secondary N) is 4. The number of hydrogen-bond acceptors (Lipinski definition) is 6. The molecule has 1 fully saturated rings. The van der Waals surface area contributed by atoms with Gasteiger partial charge in [-0.15, -0.1) is 0 Å². The van der Waals surface area contributed by atoms with E-state index in [4.69, 9.17) is 11.1 Å². The van der Waals surface area contributed by atoms with Gasteiger partial charge < -0.3 is 26.3 Å². The van der Waals surface area contributed by atoms with E-state index in [0.717, 1.165) is 12.3 Å². The number of aromatic amines is 1. The van der Waals surface area contributed by atoms with E-state index >= 15 is 0 Å². The number of amides is 1. The molecule has 0 saturated carbocycles. The number of carbonyl (C=O) groups excluding carboxylic acids is 1. The van der Waals surface area contributed by atoms with Crippen LogP contribution in [0.3, 0.4) is 0 Å². The molecule has 1 amide bonds. The summed E-state index contributed by atoms with van der Waals surface area (Å²) < 4.78 is 41.5. The molecule has 1 aliphatic heterocycles. The van der Waals surface area contributed by atoms with Crippen molar-refractivity contribution in [3.63, 3.8) is 0 Å². The van der Waals surface area contributed by atoms with Gasteiger partial charge in [-0.1, -0.05) is 12.0 Å². The minimum absolute atomic E-state index is 0. The van der Waals surface area contributed by atoms with Gasteiger partial charge in [-0.25, -0.2) is 4.98 Å². The molecule has 0 bridgehead atoms. The zero-order valence-corrected chi connectivity index (χ0v) is 24.1. The van der Waals surface area contributed by atoms with Gasteiger partial charge in [0.1, 0.15) is 11.5 Å². The number of pyridine rings is 1. The quantitative estimate of drug-likeness (QED) is 0.271. The topological polar surface area (TPSA) is 125 Å². The van der Waals surface area contributed by atoms with Crippen LogP contribution in [0.5, 0.6) is 0 Å². The Morgan fingerprint density at radius 1 is 1.22 bits per heavy atom. The zero-order valence-electron chi connectivity index (χ0n) is 22.8. The number of nitrogens with zero attached hydrogens (tertiary/aromatic N) is 4. The Morgan fingerprint density at radius 2 is 1.95 bits per heavy atom. The predicted molar refractivity (Wildman–Crippen MR) is 149 cm³/mol. The Bertz CT molecular complexity index is 1420. The Labute approximate surface area is 248 Å². The average Bonchev–Trinajstić information content (AvgIpc) is 3.37. The fraction of sp³-hybridized carbons (Fsp3) is 0.286. The van der Waals surface area contributed by atoms with Crippen molar-refractivity contribution in [1.82, 2.24) is 24.8 Å². The monoisotopic (exact) mass is 602 g/mol. The summed E-state index contributed by atoms with van der Waals surface area (Å²) in [5.74, 6) is 5.69. The Hall–Kier alpha value is -3.73. The second kappa shape index (κ2) is 15.3. The number of anilines is 1. The van der Waals surface area contributed by atoms with Crippen LogP contribution in [-0.2, 0) is 31.3 Å². The van der Waals surface area contributed by atoms with Crippen molar-refractivity contribution in [3.05, 3.63) is 88.4 Å². The molecule has 3 heterocycles. The van der Waals surface area contributed by atoms with E-state index in [9.17, 15) is 18.0 Å². The van der Waals surface area contributed by atoms with Gasteiger partial charge in [0.15, 0.2) is 0 Å². The molecule has 1 aromatic carbocycles. The Morgan fingerprint density at radius 3 is 2.61 bits per heavy atom. The molecule has 4 rings (SSSR count). The SMILES string of the molecule is CN(C)C1CN(Cc2ccc(NC(=O)c3cncc(C#Cc4cnc(/C=C\C=N)[nH]4)c3)cc2C(F)(F)F)C1.C[NH-].[V]. The number of imidazole rings is 1. The molecule has 41 heavy (non-hydrogen) atoms. The minimum atomic E-state index is -4.55. The van der Waals surface area contributed by atoms with Crippen molar-refractivity contribution in [2.45, 2.75) is 18.8 Å². The molecule has 1 saturated heterocycles. The van der Waals surface area contributed by atoms with E-state index in [1.807, 2.05) is 19.0 Å². The maximum Gasteiger partial charge on any atom is 0.416 e. The summed E-state index contributed by atoms with van der Waals surface area (Å²) in [6.07, 6.45) is 4.03. The number of benzene rings is 1. The zero-order chi connectivity index (χ0) is 29.3. The summed E-state index contributed by atoms with van der Waals surface area (Å²) >= 11 is 0. The third kappa shape index (κ3) is 9.42. The average molecular weight is 603 g/mol. The van der Waals surface area contributed by atoms with Gasteiger partial charge in [-0.3, -0.25) is 14.7 Å². The molecule has 13 heteroatoms. The second-order valence-corrected chi connectivity index (χ2v) is 9.06. The van der Waals surface area contributed by atoms with Gasteiger partial charge in [-0.05, 0) is 55.9 Å². The Balaban J connectivity index is 0.00000192. The van der Waals surface area contributed by atoms with Crippen LogP contribution in [0.4, 0.5) is 18.9 Å². The number of H-pyrrole nitrogens is 1. The molecule has 2 aromatic heterocycles. The van der Waals surface area contributed by atoms with Gasteiger partial charge >= 0.3 is 6.18 Å². The third-order valence-electron chi connectivity index (χ3n) is 6.02. The number of likely N-dealkylation sites (N-methyl/N-ethyl adjacent to an activating group) is 1. The van der Waals surface area contributed by atoms with Crippen LogP contribution in [0.15, 0.2) is 48.9 Å². The van der Waals surface area contributed by atoms with E-state index in [1.54, 1.807) is 6.08 Å². The number of allylic oxidation sites excluding steroid dienone is 1. The van der Waals surface area contributed by atoms with Crippen molar-refractivity contribution in [1.29, 1.82) is 5.41 Å². The maximum atomic E-state index is 13.8. The second-order valence-electron chi connectivity index (χ2n) is 9.06. The molecule has 0 atom stereocenters. The molecule has 9 nitrogen and oxygen atoms in total.